The number of guanidine groups is 1. The number of nitrogens with one attached hydrogen (secondary N) is 2. The van der Waals surface area contributed by atoms with Crippen molar-refractivity contribution in [3.05, 3.63) is 0 Å². The highest BCUT2D eigenvalue weighted by molar-refractivity contribution is 7.89. The van der Waals surface area contributed by atoms with Gasteiger partial charge < -0.3 is 15.4 Å². The van der Waals surface area contributed by atoms with Gasteiger partial charge in [-0.05, 0) is 34.1 Å². The molecule has 1 fully saturated rings. The van der Waals surface area contributed by atoms with Crippen molar-refractivity contribution in [2.45, 2.75) is 39.7 Å². The largest absolute Gasteiger partial charge is 0.379 e. The molecule has 1 aliphatic heterocycles. The van der Waals surface area contributed by atoms with Crippen LogP contribution < -0.4 is 10.6 Å². The van der Waals surface area contributed by atoms with Crippen LogP contribution in [0.5, 0.6) is 0 Å². The zero-order valence-corrected chi connectivity index (χ0v) is 17.9. The van der Waals surface area contributed by atoms with Crippen LogP contribution in [0.25, 0.3) is 0 Å². The maximum absolute atomic E-state index is 11.7. The highest BCUT2D eigenvalue weighted by Crippen LogP contribution is 2.16. The molecule has 1 aliphatic rings. The molecule has 0 aromatic heterocycles. The lowest BCUT2D eigenvalue weighted by molar-refractivity contribution is -0.00683. The summed E-state index contributed by atoms with van der Waals surface area (Å²) >= 11 is 0. The van der Waals surface area contributed by atoms with E-state index in [4.69, 9.17) is 9.73 Å². The van der Waals surface area contributed by atoms with E-state index < -0.39 is 10.0 Å². The average molecular weight is 392 g/mol. The van der Waals surface area contributed by atoms with Crippen LogP contribution in [-0.2, 0) is 14.8 Å². The Morgan fingerprint density at radius 2 is 1.88 bits per heavy atom. The molecule has 0 aromatic rings. The van der Waals surface area contributed by atoms with Crippen molar-refractivity contribution in [3.8, 4) is 0 Å². The molecular weight excluding hydrogens is 354 g/mol. The quantitative estimate of drug-likeness (QED) is 0.317. The minimum atomic E-state index is -3.11. The number of nitrogens with zero attached hydrogens (tertiary/aromatic N) is 3. The van der Waals surface area contributed by atoms with E-state index in [1.54, 1.807) is 14.0 Å². The number of morpholine rings is 1. The van der Waals surface area contributed by atoms with E-state index >= 15 is 0 Å². The molecule has 9 heteroatoms. The molecular formula is C17H37N5O3S. The van der Waals surface area contributed by atoms with Gasteiger partial charge in [-0.25, -0.2) is 12.7 Å². The van der Waals surface area contributed by atoms with Crippen LogP contribution >= 0.6 is 0 Å². The maximum atomic E-state index is 11.7. The fraction of sp³-hybridized carbons (Fsp3) is 0.941. The number of ether oxygens (including phenoxy) is 1. The molecule has 1 heterocycles. The van der Waals surface area contributed by atoms with E-state index in [9.17, 15) is 8.42 Å². The first-order valence-electron chi connectivity index (χ1n) is 9.52. The molecule has 0 saturated carbocycles. The maximum Gasteiger partial charge on any atom is 0.213 e. The third kappa shape index (κ3) is 7.77. The van der Waals surface area contributed by atoms with Gasteiger partial charge in [0.1, 0.15) is 0 Å². The summed E-state index contributed by atoms with van der Waals surface area (Å²) in [7, 11) is -1.48. The van der Waals surface area contributed by atoms with Crippen LogP contribution in [0.15, 0.2) is 4.99 Å². The fourth-order valence-corrected chi connectivity index (χ4v) is 3.60. The van der Waals surface area contributed by atoms with Gasteiger partial charge in [0.2, 0.25) is 10.0 Å². The summed E-state index contributed by atoms with van der Waals surface area (Å²) in [6.07, 6.45) is 0.729. The second-order valence-electron chi connectivity index (χ2n) is 7.11. The van der Waals surface area contributed by atoms with Gasteiger partial charge in [0.15, 0.2) is 5.96 Å². The van der Waals surface area contributed by atoms with Crippen LogP contribution in [0.2, 0.25) is 0 Å². The van der Waals surface area contributed by atoms with E-state index in [0.717, 1.165) is 45.2 Å². The molecule has 0 aliphatic carbocycles. The monoisotopic (exact) mass is 391 g/mol. The van der Waals surface area contributed by atoms with Gasteiger partial charge in [-0.1, -0.05) is 0 Å². The summed E-state index contributed by atoms with van der Waals surface area (Å²) in [5, 5.41) is 6.55. The van der Waals surface area contributed by atoms with Crippen molar-refractivity contribution >= 4 is 16.0 Å². The van der Waals surface area contributed by atoms with Gasteiger partial charge in [0.05, 0.1) is 25.5 Å². The summed E-state index contributed by atoms with van der Waals surface area (Å²) in [6, 6.07) is 0. The summed E-state index contributed by atoms with van der Waals surface area (Å²) in [6.45, 7) is 14.2. The Kier molecular flexibility index (Phi) is 9.84. The Morgan fingerprint density at radius 3 is 2.46 bits per heavy atom. The second-order valence-corrected chi connectivity index (χ2v) is 9.47. The third-order valence-electron chi connectivity index (χ3n) is 4.62. The van der Waals surface area contributed by atoms with Crippen LogP contribution in [0.3, 0.4) is 0 Å². The van der Waals surface area contributed by atoms with E-state index in [2.05, 4.69) is 29.4 Å². The van der Waals surface area contributed by atoms with Crippen molar-refractivity contribution in [3.63, 3.8) is 0 Å². The Hall–Kier alpha value is -0.900. The third-order valence-corrected chi connectivity index (χ3v) is 6.48. The molecule has 1 rings (SSSR count). The summed E-state index contributed by atoms with van der Waals surface area (Å²) in [5.74, 6) is 0.910. The van der Waals surface area contributed by atoms with Gasteiger partial charge in [0, 0.05) is 45.3 Å². The Labute approximate surface area is 159 Å². The van der Waals surface area contributed by atoms with Crippen molar-refractivity contribution in [2.75, 3.05) is 65.3 Å². The topological polar surface area (TPSA) is 86.3 Å². The summed E-state index contributed by atoms with van der Waals surface area (Å²) in [5.41, 5.74) is -0.0262. The van der Waals surface area contributed by atoms with Gasteiger partial charge in [-0.3, -0.25) is 9.89 Å². The van der Waals surface area contributed by atoms with Gasteiger partial charge in [-0.2, -0.15) is 0 Å². The van der Waals surface area contributed by atoms with E-state index in [0.29, 0.717) is 19.6 Å². The molecule has 1 saturated heterocycles. The van der Waals surface area contributed by atoms with Gasteiger partial charge in [-0.15, -0.1) is 0 Å². The van der Waals surface area contributed by atoms with Crippen molar-refractivity contribution < 1.29 is 13.2 Å². The van der Waals surface area contributed by atoms with Crippen molar-refractivity contribution in [2.24, 2.45) is 4.99 Å². The number of hydrogen-bond acceptors (Lipinski definition) is 5. The number of hydrogen-bond donors (Lipinski definition) is 2. The number of sulfonamides is 1. The van der Waals surface area contributed by atoms with Crippen LogP contribution in [0, 0.1) is 0 Å². The normalized spacial score (nSPS) is 17.5. The molecule has 154 valence electrons. The van der Waals surface area contributed by atoms with Crippen LogP contribution in [0.1, 0.15) is 34.1 Å². The Balaban J connectivity index is 2.47. The highest BCUT2D eigenvalue weighted by atomic mass is 32.2. The lowest BCUT2D eigenvalue weighted by atomic mass is 10.0. The lowest BCUT2D eigenvalue weighted by Gasteiger charge is -2.39. The zero-order valence-electron chi connectivity index (χ0n) is 17.0. The first-order valence-corrected chi connectivity index (χ1v) is 11.1. The molecule has 2 N–H and O–H groups in total. The standard InChI is InChI=1S/C17H37N5O3S/c1-6-18-16(19-9-8-10-21(5)26(23,24)7-2)20-15-17(3,4)22-11-13-25-14-12-22/h6-15H2,1-5H3,(H2,18,19,20). The Bertz CT molecular complexity index is 531. The molecule has 0 radical (unpaired) electrons. The molecule has 0 bridgehead atoms. The molecule has 0 unspecified atom stereocenters. The van der Waals surface area contributed by atoms with Crippen LogP contribution in [-0.4, -0.2) is 94.4 Å². The number of aliphatic imine (C=N–C) groups is 1. The van der Waals surface area contributed by atoms with Crippen LogP contribution in [0.4, 0.5) is 0 Å². The number of rotatable bonds is 10. The Morgan fingerprint density at radius 1 is 1.23 bits per heavy atom. The van der Waals surface area contributed by atoms with Gasteiger partial charge >= 0.3 is 0 Å². The average Bonchev–Trinajstić information content (AvgIpc) is 2.63. The first kappa shape index (κ1) is 23.1. The lowest BCUT2D eigenvalue weighted by Crippen LogP contribution is -2.52. The molecule has 0 spiro atoms. The SMILES string of the molecule is CCNC(=NCC(C)(C)N1CCOCC1)NCCCN(C)S(=O)(=O)CC. The predicted molar refractivity (Wildman–Crippen MR) is 107 cm³/mol. The summed E-state index contributed by atoms with van der Waals surface area (Å²) < 4.78 is 30.3. The second kappa shape index (κ2) is 11.1. The highest BCUT2D eigenvalue weighted by Gasteiger charge is 2.28. The molecule has 0 atom stereocenters. The summed E-state index contributed by atoms with van der Waals surface area (Å²) in [4.78, 5) is 7.13. The van der Waals surface area contributed by atoms with E-state index in [1.165, 1.54) is 4.31 Å². The minimum absolute atomic E-state index is 0.0262. The molecule has 8 nitrogen and oxygen atoms in total. The van der Waals surface area contributed by atoms with E-state index in [1.807, 2.05) is 6.92 Å². The molecule has 26 heavy (non-hydrogen) atoms. The van der Waals surface area contributed by atoms with Crippen molar-refractivity contribution in [1.82, 2.24) is 19.8 Å². The zero-order chi connectivity index (χ0) is 19.6. The minimum Gasteiger partial charge on any atom is -0.379 e. The first-order chi connectivity index (χ1) is 12.2. The van der Waals surface area contributed by atoms with E-state index in [-0.39, 0.29) is 11.3 Å². The predicted octanol–water partition coefficient (Wildman–Crippen LogP) is 0.324. The van der Waals surface area contributed by atoms with Gasteiger partial charge in [0.25, 0.3) is 0 Å². The molecule has 0 amide bonds. The van der Waals surface area contributed by atoms with Crippen molar-refractivity contribution in [1.29, 1.82) is 0 Å². The smallest absolute Gasteiger partial charge is 0.213 e. The molecule has 0 aromatic carbocycles. The fourth-order valence-electron chi connectivity index (χ4n) is 2.75.